The lowest BCUT2D eigenvalue weighted by atomic mass is 9.65. The van der Waals surface area contributed by atoms with Crippen molar-refractivity contribution < 1.29 is 0 Å². The van der Waals surface area contributed by atoms with Crippen LogP contribution in [0.2, 0.25) is 0 Å². The summed E-state index contributed by atoms with van der Waals surface area (Å²) in [5.41, 5.74) is 8.53. The van der Waals surface area contributed by atoms with Crippen molar-refractivity contribution in [1.82, 2.24) is 10.2 Å². The van der Waals surface area contributed by atoms with E-state index in [1.54, 1.807) is 0 Å². The van der Waals surface area contributed by atoms with E-state index in [1.807, 2.05) is 0 Å². The van der Waals surface area contributed by atoms with E-state index in [9.17, 15) is 0 Å². The summed E-state index contributed by atoms with van der Waals surface area (Å²) in [6.07, 6.45) is 8.75. The molecule has 3 aliphatic rings. The van der Waals surface area contributed by atoms with Crippen molar-refractivity contribution in [3.05, 3.63) is 0 Å². The van der Waals surface area contributed by atoms with Crippen LogP contribution in [0.25, 0.3) is 0 Å². The molecule has 162 valence electrons. The molecule has 0 aromatic rings. The summed E-state index contributed by atoms with van der Waals surface area (Å²) in [5.74, 6) is 0.431. The van der Waals surface area contributed by atoms with Gasteiger partial charge in [0.1, 0.15) is 0 Å². The summed E-state index contributed by atoms with van der Waals surface area (Å²) in [6.45, 7) is 20.0. The Bertz CT molecular complexity index is 590. The average molecular weight is 391 g/mol. The van der Waals surface area contributed by atoms with Gasteiger partial charge in [0.15, 0.2) is 0 Å². The number of nitrogens with two attached hydrogens (primary N) is 1. The van der Waals surface area contributed by atoms with Crippen LogP contribution in [0.4, 0.5) is 0 Å². The molecule has 0 saturated carbocycles. The quantitative estimate of drug-likeness (QED) is 0.692. The Morgan fingerprint density at radius 1 is 0.929 bits per heavy atom. The molecule has 3 atom stereocenters. The molecule has 0 spiro atoms. The summed E-state index contributed by atoms with van der Waals surface area (Å²) >= 11 is 0. The van der Waals surface area contributed by atoms with Crippen LogP contribution in [0.15, 0.2) is 4.99 Å². The number of nitrogens with zero attached hydrogens (tertiary/aromatic N) is 2. The van der Waals surface area contributed by atoms with Crippen LogP contribution < -0.4 is 11.1 Å². The molecule has 3 fully saturated rings. The third-order valence-corrected chi connectivity index (χ3v) is 8.06. The van der Waals surface area contributed by atoms with Gasteiger partial charge in [-0.1, -0.05) is 26.2 Å². The molecule has 3 rings (SSSR count). The maximum absolute atomic E-state index is 6.96. The summed E-state index contributed by atoms with van der Waals surface area (Å²) in [7, 11) is 0. The minimum atomic E-state index is -0.0722. The number of fused-ring (bicyclic) bond motifs is 1. The van der Waals surface area contributed by atoms with Crippen LogP contribution in [0.5, 0.6) is 0 Å². The van der Waals surface area contributed by atoms with Gasteiger partial charge in [-0.2, -0.15) is 0 Å². The van der Waals surface area contributed by atoms with E-state index >= 15 is 0 Å². The van der Waals surface area contributed by atoms with E-state index in [0.717, 1.165) is 12.8 Å². The molecular weight excluding hydrogens is 344 g/mol. The van der Waals surface area contributed by atoms with Gasteiger partial charge in [-0.05, 0) is 86.6 Å². The van der Waals surface area contributed by atoms with Crippen LogP contribution in [0.1, 0.15) is 100 Å². The monoisotopic (exact) mass is 390 g/mol. The second kappa shape index (κ2) is 7.35. The van der Waals surface area contributed by atoms with Gasteiger partial charge >= 0.3 is 0 Å². The molecule has 0 bridgehead atoms. The first kappa shape index (κ1) is 22.2. The molecule has 0 aromatic heterocycles. The van der Waals surface area contributed by atoms with Gasteiger partial charge in [0.25, 0.3) is 0 Å². The first-order valence-corrected chi connectivity index (χ1v) is 11.7. The van der Waals surface area contributed by atoms with Crippen molar-refractivity contribution in [2.75, 3.05) is 6.54 Å². The number of aliphatic imine (C=N–C) groups is 1. The van der Waals surface area contributed by atoms with Gasteiger partial charge in [0.2, 0.25) is 0 Å². The van der Waals surface area contributed by atoms with E-state index in [2.05, 4.69) is 65.6 Å². The highest BCUT2D eigenvalue weighted by atomic mass is 15.3. The van der Waals surface area contributed by atoms with E-state index in [4.69, 9.17) is 10.7 Å². The summed E-state index contributed by atoms with van der Waals surface area (Å²) in [5, 5.41) is 3.80. The molecule has 3 unspecified atom stereocenters. The van der Waals surface area contributed by atoms with Gasteiger partial charge in [-0.25, -0.2) is 0 Å². The predicted molar refractivity (Wildman–Crippen MR) is 121 cm³/mol. The number of nitrogens with one attached hydrogen (secondary N) is 1. The molecule has 3 heterocycles. The zero-order valence-electron chi connectivity index (χ0n) is 19.9. The second-order valence-electron chi connectivity index (χ2n) is 12.0. The van der Waals surface area contributed by atoms with Crippen LogP contribution in [0, 0.1) is 5.92 Å². The van der Waals surface area contributed by atoms with Crippen molar-refractivity contribution in [2.45, 2.75) is 135 Å². The number of hydrogen-bond acceptors (Lipinski definition) is 4. The molecule has 0 amide bonds. The molecule has 0 aromatic carbocycles. The number of rotatable bonds is 1. The highest BCUT2D eigenvalue weighted by Gasteiger charge is 2.54. The molecule has 3 aliphatic heterocycles. The standard InChI is InChI=1S/C24H46N4/c1-17-19(25)20(26-18-15-21(2,3)27-22(4,5)16-18)23(6,7)28-14-12-10-9-11-13-24(17,28)8/h17-19,27H,9-16,25H2,1-8H3. The van der Waals surface area contributed by atoms with Gasteiger partial charge in [-0.3, -0.25) is 9.89 Å². The van der Waals surface area contributed by atoms with E-state index in [0.29, 0.717) is 12.0 Å². The van der Waals surface area contributed by atoms with Gasteiger partial charge in [0, 0.05) is 28.4 Å². The molecule has 4 nitrogen and oxygen atoms in total. The smallest absolute Gasteiger partial charge is 0.0554 e. The van der Waals surface area contributed by atoms with Crippen molar-refractivity contribution in [2.24, 2.45) is 16.6 Å². The fraction of sp³-hybridized carbons (Fsp3) is 0.958. The molecule has 3 saturated heterocycles. The first-order chi connectivity index (χ1) is 12.8. The largest absolute Gasteiger partial charge is 0.323 e. The van der Waals surface area contributed by atoms with Crippen molar-refractivity contribution >= 4 is 5.71 Å². The van der Waals surface area contributed by atoms with E-state index < -0.39 is 0 Å². The third kappa shape index (κ3) is 4.06. The van der Waals surface area contributed by atoms with E-state index in [-0.39, 0.29) is 28.2 Å². The summed E-state index contributed by atoms with van der Waals surface area (Å²) in [4.78, 5) is 8.24. The lowest BCUT2D eigenvalue weighted by molar-refractivity contribution is -0.0341. The van der Waals surface area contributed by atoms with Gasteiger partial charge in [-0.15, -0.1) is 0 Å². The number of piperidine rings is 2. The van der Waals surface area contributed by atoms with Crippen LogP contribution in [-0.2, 0) is 0 Å². The van der Waals surface area contributed by atoms with Gasteiger partial charge < -0.3 is 11.1 Å². The molecule has 0 radical (unpaired) electrons. The number of hydrogen-bond donors (Lipinski definition) is 2. The Hall–Kier alpha value is -0.450. The van der Waals surface area contributed by atoms with Crippen molar-refractivity contribution in [3.63, 3.8) is 0 Å². The Labute approximate surface area is 174 Å². The Morgan fingerprint density at radius 2 is 1.50 bits per heavy atom. The molecule has 0 aliphatic carbocycles. The van der Waals surface area contributed by atoms with Crippen molar-refractivity contribution in [1.29, 1.82) is 0 Å². The average Bonchev–Trinajstić information content (AvgIpc) is 2.50. The minimum absolute atomic E-state index is 0.0526. The minimum Gasteiger partial charge on any atom is -0.323 e. The highest BCUT2D eigenvalue weighted by molar-refractivity contribution is 5.98. The molecular formula is C24H46N4. The third-order valence-electron chi connectivity index (χ3n) is 8.06. The zero-order chi connectivity index (χ0) is 21.0. The van der Waals surface area contributed by atoms with E-state index in [1.165, 1.54) is 44.4 Å². The maximum atomic E-state index is 6.96. The zero-order valence-corrected chi connectivity index (χ0v) is 19.9. The molecule has 3 N–H and O–H groups in total. The van der Waals surface area contributed by atoms with Crippen LogP contribution in [-0.4, -0.2) is 51.4 Å². The fourth-order valence-electron chi connectivity index (χ4n) is 6.86. The van der Waals surface area contributed by atoms with Crippen LogP contribution in [0.3, 0.4) is 0 Å². The molecule has 28 heavy (non-hydrogen) atoms. The summed E-state index contributed by atoms with van der Waals surface area (Å²) in [6, 6.07) is 0.398. The maximum Gasteiger partial charge on any atom is 0.0554 e. The topological polar surface area (TPSA) is 53.6 Å². The highest BCUT2D eigenvalue weighted by Crippen LogP contribution is 2.45. The Balaban J connectivity index is 1.97. The van der Waals surface area contributed by atoms with Crippen LogP contribution >= 0.6 is 0 Å². The second-order valence-corrected chi connectivity index (χ2v) is 12.0. The van der Waals surface area contributed by atoms with Gasteiger partial charge in [0.05, 0.1) is 11.6 Å². The SMILES string of the molecule is CC1C(N)C(=NC2CC(C)(C)NC(C)(C)C2)C(C)(C)N2CCCCCCC12C. The fourth-order valence-corrected chi connectivity index (χ4v) is 6.86. The first-order valence-electron chi connectivity index (χ1n) is 11.7. The van der Waals surface area contributed by atoms with Crippen molar-refractivity contribution in [3.8, 4) is 0 Å². The normalized spacial score (nSPS) is 40.5. The predicted octanol–water partition coefficient (Wildman–Crippen LogP) is 4.52. The molecule has 4 heteroatoms. The lowest BCUT2D eigenvalue weighted by Crippen LogP contribution is -2.74. The Morgan fingerprint density at radius 3 is 2.11 bits per heavy atom. The Kier molecular flexibility index (Phi) is 5.84. The lowest BCUT2D eigenvalue weighted by Gasteiger charge is -2.61. The summed E-state index contributed by atoms with van der Waals surface area (Å²) < 4.78 is 0.